The van der Waals surface area contributed by atoms with Crippen molar-refractivity contribution in [2.45, 2.75) is 51.0 Å². The summed E-state index contributed by atoms with van der Waals surface area (Å²) in [6.07, 6.45) is 8.35. The van der Waals surface area contributed by atoms with Gasteiger partial charge in [0.15, 0.2) is 0 Å². The van der Waals surface area contributed by atoms with Gasteiger partial charge in [-0.3, -0.25) is 0 Å². The van der Waals surface area contributed by atoms with Crippen LogP contribution in [0.1, 0.15) is 45.4 Å². The third-order valence-corrected chi connectivity index (χ3v) is 3.56. The Bertz CT molecular complexity index is 234. The Kier molecular flexibility index (Phi) is 2.82. The second kappa shape index (κ2) is 3.93. The van der Waals surface area contributed by atoms with E-state index < -0.39 is 5.60 Å². The van der Waals surface area contributed by atoms with Gasteiger partial charge in [-0.2, -0.15) is 0 Å². The Morgan fingerprint density at radius 3 is 3.07 bits per heavy atom. The van der Waals surface area contributed by atoms with Gasteiger partial charge in [0.1, 0.15) is 11.4 Å². The minimum absolute atomic E-state index is 0.624. The zero-order valence-electron chi connectivity index (χ0n) is 8.96. The van der Waals surface area contributed by atoms with E-state index in [9.17, 15) is 5.11 Å². The van der Waals surface area contributed by atoms with Gasteiger partial charge in [0.25, 0.3) is 0 Å². The van der Waals surface area contributed by atoms with Crippen LogP contribution >= 0.6 is 0 Å². The molecular weight excluding hydrogens is 176 g/mol. The van der Waals surface area contributed by atoms with Gasteiger partial charge in [-0.15, -0.1) is 0 Å². The molecule has 2 unspecified atom stereocenters. The van der Waals surface area contributed by atoms with E-state index in [0.717, 1.165) is 44.5 Å². The van der Waals surface area contributed by atoms with E-state index in [2.05, 4.69) is 13.0 Å². The first kappa shape index (κ1) is 10.0. The first-order valence-corrected chi connectivity index (χ1v) is 5.80. The number of hydrogen-bond acceptors (Lipinski definition) is 2. The summed E-state index contributed by atoms with van der Waals surface area (Å²) in [5.74, 6) is 1.55. The normalized spacial score (nSPS) is 37.9. The molecule has 1 heterocycles. The standard InChI is InChI=1S/C12H20O2/c1-2-10-6-7-12(13,9-10)11-5-3-4-8-14-11/h5,10,13H,2-4,6-9H2,1H3. The van der Waals surface area contributed by atoms with Crippen molar-refractivity contribution >= 4 is 0 Å². The monoisotopic (exact) mass is 196 g/mol. The van der Waals surface area contributed by atoms with Gasteiger partial charge in [0.2, 0.25) is 0 Å². The number of hydrogen-bond donors (Lipinski definition) is 1. The zero-order chi connectivity index (χ0) is 10.0. The van der Waals surface area contributed by atoms with Gasteiger partial charge >= 0.3 is 0 Å². The van der Waals surface area contributed by atoms with Crippen LogP contribution in [0.2, 0.25) is 0 Å². The molecule has 2 aliphatic rings. The fourth-order valence-electron chi connectivity index (χ4n) is 2.58. The summed E-state index contributed by atoms with van der Waals surface area (Å²) < 4.78 is 5.57. The highest BCUT2D eigenvalue weighted by Crippen LogP contribution is 2.42. The maximum Gasteiger partial charge on any atom is 0.124 e. The van der Waals surface area contributed by atoms with Crippen LogP contribution in [0.3, 0.4) is 0 Å². The minimum Gasteiger partial charge on any atom is -0.495 e. The van der Waals surface area contributed by atoms with E-state index in [1.54, 1.807) is 0 Å². The predicted molar refractivity (Wildman–Crippen MR) is 55.9 cm³/mol. The lowest BCUT2D eigenvalue weighted by atomic mass is 9.95. The van der Waals surface area contributed by atoms with Gasteiger partial charge in [0.05, 0.1) is 6.61 Å². The van der Waals surface area contributed by atoms with Crippen molar-refractivity contribution < 1.29 is 9.84 Å². The highest BCUT2D eigenvalue weighted by molar-refractivity contribution is 5.14. The molecule has 0 spiro atoms. The van der Waals surface area contributed by atoms with Crippen molar-refractivity contribution in [2.24, 2.45) is 5.92 Å². The SMILES string of the molecule is CCC1CCC(O)(C2=CCCCO2)C1. The molecule has 1 saturated carbocycles. The molecule has 0 amide bonds. The Balaban J connectivity index is 2.05. The molecule has 1 fully saturated rings. The van der Waals surface area contributed by atoms with E-state index in [-0.39, 0.29) is 0 Å². The molecule has 0 aromatic rings. The molecule has 2 heteroatoms. The van der Waals surface area contributed by atoms with E-state index in [4.69, 9.17) is 4.74 Å². The van der Waals surface area contributed by atoms with Crippen molar-refractivity contribution in [3.8, 4) is 0 Å². The smallest absolute Gasteiger partial charge is 0.124 e. The summed E-state index contributed by atoms with van der Waals surface area (Å²) in [4.78, 5) is 0. The van der Waals surface area contributed by atoms with Crippen molar-refractivity contribution in [1.29, 1.82) is 0 Å². The topological polar surface area (TPSA) is 29.5 Å². The van der Waals surface area contributed by atoms with Crippen LogP contribution in [0.15, 0.2) is 11.8 Å². The van der Waals surface area contributed by atoms with Gasteiger partial charge < -0.3 is 9.84 Å². The fourth-order valence-corrected chi connectivity index (χ4v) is 2.58. The second-order valence-corrected chi connectivity index (χ2v) is 4.61. The first-order chi connectivity index (χ1) is 6.74. The molecule has 2 atom stereocenters. The van der Waals surface area contributed by atoms with Gasteiger partial charge in [-0.1, -0.05) is 13.3 Å². The van der Waals surface area contributed by atoms with Crippen LogP contribution in [0.4, 0.5) is 0 Å². The average molecular weight is 196 g/mol. The van der Waals surface area contributed by atoms with Crippen LogP contribution in [-0.2, 0) is 4.74 Å². The summed E-state index contributed by atoms with van der Waals surface area (Å²) in [7, 11) is 0. The number of aliphatic hydroxyl groups is 1. The summed E-state index contributed by atoms with van der Waals surface area (Å²) in [5, 5.41) is 10.4. The predicted octanol–water partition coefficient (Wildman–Crippen LogP) is 2.62. The molecule has 0 bridgehead atoms. The van der Waals surface area contributed by atoms with E-state index in [0.29, 0.717) is 5.92 Å². The molecule has 0 radical (unpaired) electrons. The number of ether oxygens (including phenoxy) is 1. The summed E-state index contributed by atoms with van der Waals surface area (Å²) in [5.41, 5.74) is -0.624. The Hall–Kier alpha value is -0.500. The lowest BCUT2D eigenvalue weighted by Crippen LogP contribution is -2.30. The van der Waals surface area contributed by atoms with Crippen LogP contribution in [0.5, 0.6) is 0 Å². The van der Waals surface area contributed by atoms with Crippen LogP contribution in [0.25, 0.3) is 0 Å². The van der Waals surface area contributed by atoms with E-state index in [1.807, 2.05) is 0 Å². The molecule has 14 heavy (non-hydrogen) atoms. The summed E-state index contributed by atoms with van der Waals surface area (Å²) in [6, 6.07) is 0. The maximum absolute atomic E-state index is 10.4. The number of rotatable bonds is 2. The summed E-state index contributed by atoms with van der Waals surface area (Å²) in [6.45, 7) is 2.98. The summed E-state index contributed by atoms with van der Waals surface area (Å²) >= 11 is 0. The van der Waals surface area contributed by atoms with Gasteiger partial charge in [-0.05, 0) is 44.1 Å². The van der Waals surface area contributed by atoms with Gasteiger partial charge in [0, 0.05) is 0 Å². The molecule has 80 valence electrons. The van der Waals surface area contributed by atoms with Crippen molar-refractivity contribution in [1.82, 2.24) is 0 Å². The van der Waals surface area contributed by atoms with Gasteiger partial charge in [-0.25, -0.2) is 0 Å². The average Bonchev–Trinajstić information content (AvgIpc) is 2.63. The van der Waals surface area contributed by atoms with Crippen molar-refractivity contribution in [3.63, 3.8) is 0 Å². The van der Waals surface area contributed by atoms with Crippen molar-refractivity contribution in [3.05, 3.63) is 11.8 Å². The highest BCUT2D eigenvalue weighted by Gasteiger charge is 2.41. The molecular formula is C12H20O2. The fraction of sp³-hybridized carbons (Fsp3) is 0.833. The van der Waals surface area contributed by atoms with Crippen LogP contribution in [-0.4, -0.2) is 17.3 Å². The van der Waals surface area contributed by atoms with Crippen molar-refractivity contribution in [2.75, 3.05) is 6.61 Å². The molecule has 1 aliphatic carbocycles. The quantitative estimate of drug-likeness (QED) is 0.735. The minimum atomic E-state index is -0.624. The maximum atomic E-state index is 10.4. The Morgan fingerprint density at radius 1 is 1.64 bits per heavy atom. The first-order valence-electron chi connectivity index (χ1n) is 5.80. The lowest BCUT2D eigenvalue weighted by Gasteiger charge is -2.28. The molecule has 1 N–H and O–H groups in total. The molecule has 2 rings (SSSR count). The molecule has 2 nitrogen and oxygen atoms in total. The molecule has 0 aromatic carbocycles. The van der Waals surface area contributed by atoms with E-state index >= 15 is 0 Å². The Labute approximate surface area is 86.0 Å². The molecule has 0 saturated heterocycles. The van der Waals surface area contributed by atoms with Crippen LogP contribution < -0.4 is 0 Å². The zero-order valence-corrected chi connectivity index (χ0v) is 8.96. The second-order valence-electron chi connectivity index (χ2n) is 4.61. The number of allylic oxidation sites excluding steroid dienone is 1. The lowest BCUT2D eigenvalue weighted by molar-refractivity contribution is 0.00645. The van der Waals surface area contributed by atoms with Crippen LogP contribution in [0, 0.1) is 5.92 Å². The third-order valence-electron chi connectivity index (χ3n) is 3.56. The Morgan fingerprint density at radius 2 is 2.50 bits per heavy atom. The highest BCUT2D eigenvalue weighted by atomic mass is 16.5. The van der Waals surface area contributed by atoms with E-state index in [1.165, 1.54) is 6.42 Å². The largest absolute Gasteiger partial charge is 0.495 e. The third kappa shape index (κ3) is 1.81. The molecule has 0 aromatic heterocycles. The molecule has 1 aliphatic heterocycles.